The van der Waals surface area contributed by atoms with Crippen LogP contribution in [0.2, 0.25) is 0 Å². The molecule has 0 saturated carbocycles. The Hall–Kier alpha value is -2.05. The predicted molar refractivity (Wildman–Crippen MR) is 63.4 cm³/mol. The maximum atomic E-state index is 11.8. The monoisotopic (exact) mass is 253 g/mol. The molecule has 0 radical (unpaired) electrons. The van der Waals surface area contributed by atoms with Crippen molar-refractivity contribution in [2.45, 2.75) is 25.9 Å². The molecular formula is C11H15N3O4. The number of methoxy groups -OCH3 is 1. The molecule has 0 aromatic carbocycles. The van der Waals surface area contributed by atoms with Gasteiger partial charge in [-0.25, -0.2) is 9.59 Å². The van der Waals surface area contributed by atoms with Crippen LogP contribution < -0.4 is 11.2 Å². The summed E-state index contributed by atoms with van der Waals surface area (Å²) >= 11 is 0. The summed E-state index contributed by atoms with van der Waals surface area (Å²) in [4.78, 5) is 38.4. The Morgan fingerprint density at radius 1 is 1.50 bits per heavy atom. The third kappa shape index (κ3) is 2.03. The van der Waals surface area contributed by atoms with Gasteiger partial charge in [0.1, 0.15) is 6.17 Å². The second-order valence-corrected chi connectivity index (χ2v) is 4.26. The molecule has 1 aromatic heterocycles. The van der Waals surface area contributed by atoms with E-state index in [4.69, 9.17) is 0 Å². The molecule has 1 amide bonds. The first-order valence-electron chi connectivity index (χ1n) is 5.71. The number of aryl methyl sites for hydroxylation is 1. The molecule has 0 spiro atoms. The molecule has 0 aliphatic carbocycles. The fraction of sp³-hybridized carbons (Fsp3) is 0.545. The Labute approximate surface area is 103 Å². The van der Waals surface area contributed by atoms with Crippen LogP contribution in [0.1, 0.15) is 24.6 Å². The minimum absolute atomic E-state index is 0.388. The van der Waals surface area contributed by atoms with Gasteiger partial charge in [-0.05, 0) is 19.8 Å². The summed E-state index contributed by atoms with van der Waals surface area (Å²) in [5, 5.41) is 0. The Bertz CT molecular complexity index is 574. The highest BCUT2D eigenvalue weighted by molar-refractivity contribution is 5.67. The molecule has 2 rings (SSSR count). The zero-order valence-corrected chi connectivity index (χ0v) is 10.3. The van der Waals surface area contributed by atoms with Gasteiger partial charge in [-0.2, -0.15) is 0 Å². The van der Waals surface area contributed by atoms with E-state index in [1.54, 1.807) is 6.92 Å². The Balaban J connectivity index is 2.42. The highest BCUT2D eigenvalue weighted by Gasteiger charge is 2.31. The van der Waals surface area contributed by atoms with Crippen LogP contribution in [0.15, 0.2) is 15.8 Å². The van der Waals surface area contributed by atoms with Crippen LogP contribution in [0, 0.1) is 6.92 Å². The zero-order chi connectivity index (χ0) is 13.3. The molecule has 18 heavy (non-hydrogen) atoms. The molecule has 1 N–H and O–H groups in total. The Kier molecular flexibility index (Phi) is 3.22. The van der Waals surface area contributed by atoms with Gasteiger partial charge >= 0.3 is 11.8 Å². The van der Waals surface area contributed by atoms with Gasteiger partial charge in [-0.3, -0.25) is 19.2 Å². The maximum absolute atomic E-state index is 11.8. The van der Waals surface area contributed by atoms with Gasteiger partial charge in [-0.1, -0.05) is 0 Å². The van der Waals surface area contributed by atoms with Crippen molar-refractivity contribution in [1.82, 2.24) is 14.5 Å². The van der Waals surface area contributed by atoms with Crippen LogP contribution in [0.4, 0.5) is 4.79 Å². The van der Waals surface area contributed by atoms with Gasteiger partial charge in [0.15, 0.2) is 0 Å². The molecule has 1 aliphatic rings. The number of amides is 1. The van der Waals surface area contributed by atoms with Crippen molar-refractivity contribution in [3.05, 3.63) is 32.6 Å². The summed E-state index contributed by atoms with van der Waals surface area (Å²) in [6.45, 7) is 2.16. The number of likely N-dealkylation sites (tertiary alicyclic amines) is 1. The molecule has 7 nitrogen and oxygen atoms in total. The van der Waals surface area contributed by atoms with Crippen molar-refractivity contribution in [3.8, 4) is 0 Å². The molecule has 0 unspecified atom stereocenters. The summed E-state index contributed by atoms with van der Waals surface area (Å²) in [7, 11) is 1.30. The summed E-state index contributed by atoms with van der Waals surface area (Å²) in [5.41, 5.74) is -0.475. The van der Waals surface area contributed by atoms with Gasteiger partial charge < -0.3 is 4.74 Å². The van der Waals surface area contributed by atoms with Gasteiger partial charge in [0.25, 0.3) is 5.56 Å². The highest BCUT2D eigenvalue weighted by Crippen LogP contribution is 2.25. The van der Waals surface area contributed by atoms with Crippen LogP contribution in [-0.4, -0.2) is 34.2 Å². The predicted octanol–water partition coefficient (Wildman–Crippen LogP) is 0.206. The van der Waals surface area contributed by atoms with Crippen LogP contribution in [0.3, 0.4) is 0 Å². The fourth-order valence-electron chi connectivity index (χ4n) is 2.18. The van der Waals surface area contributed by atoms with Crippen LogP contribution in [0.25, 0.3) is 0 Å². The molecule has 1 aliphatic heterocycles. The number of nitrogens with one attached hydrogen (secondary N) is 1. The van der Waals surface area contributed by atoms with Gasteiger partial charge in [0.2, 0.25) is 0 Å². The third-order valence-electron chi connectivity index (χ3n) is 3.10. The first-order chi connectivity index (χ1) is 8.54. The molecular weight excluding hydrogens is 238 g/mol. The van der Waals surface area contributed by atoms with E-state index in [2.05, 4.69) is 9.72 Å². The summed E-state index contributed by atoms with van der Waals surface area (Å²) < 4.78 is 6.06. The lowest BCUT2D eigenvalue weighted by Gasteiger charge is -2.24. The van der Waals surface area contributed by atoms with Crippen LogP contribution in [-0.2, 0) is 4.74 Å². The minimum Gasteiger partial charge on any atom is -0.453 e. The van der Waals surface area contributed by atoms with E-state index in [-0.39, 0.29) is 6.17 Å². The second kappa shape index (κ2) is 4.67. The lowest BCUT2D eigenvalue weighted by atomic mass is 10.3. The summed E-state index contributed by atoms with van der Waals surface area (Å²) in [6, 6.07) is 0. The number of rotatable bonds is 1. The van der Waals surface area contributed by atoms with Crippen molar-refractivity contribution in [1.29, 1.82) is 0 Å². The van der Waals surface area contributed by atoms with Gasteiger partial charge in [0, 0.05) is 18.3 Å². The van der Waals surface area contributed by atoms with Crippen molar-refractivity contribution in [2.24, 2.45) is 0 Å². The van der Waals surface area contributed by atoms with Gasteiger partial charge in [-0.15, -0.1) is 0 Å². The topological polar surface area (TPSA) is 84.4 Å². The van der Waals surface area contributed by atoms with E-state index >= 15 is 0 Å². The average Bonchev–Trinajstić information content (AvgIpc) is 2.81. The first-order valence-corrected chi connectivity index (χ1v) is 5.71. The maximum Gasteiger partial charge on any atom is 0.411 e. The number of H-pyrrole nitrogens is 1. The lowest BCUT2D eigenvalue weighted by Crippen LogP contribution is -2.40. The van der Waals surface area contributed by atoms with Crippen molar-refractivity contribution in [3.63, 3.8) is 0 Å². The van der Waals surface area contributed by atoms with Crippen LogP contribution in [0.5, 0.6) is 0 Å². The highest BCUT2D eigenvalue weighted by atomic mass is 16.5. The fourth-order valence-corrected chi connectivity index (χ4v) is 2.18. The van der Waals surface area contributed by atoms with E-state index in [0.29, 0.717) is 18.5 Å². The van der Waals surface area contributed by atoms with E-state index in [1.165, 1.54) is 22.8 Å². The normalized spacial score (nSPS) is 19.0. The number of nitrogens with zero attached hydrogens (tertiary/aromatic N) is 2. The minimum atomic E-state index is -0.508. The Morgan fingerprint density at radius 2 is 2.22 bits per heavy atom. The van der Waals surface area contributed by atoms with Crippen molar-refractivity contribution in [2.75, 3.05) is 13.7 Å². The molecule has 1 fully saturated rings. The average molecular weight is 253 g/mol. The molecule has 7 heteroatoms. The number of carbonyl (C=O) groups excluding carboxylic acids is 1. The largest absolute Gasteiger partial charge is 0.453 e. The standard InChI is InChI=1S/C11H15N3O4/c1-7-6-14(10(16)12-9(7)15)8-4-3-5-13(8)11(17)18-2/h6,8H,3-5H2,1-2H3,(H,12,15,16)/t8-/m0/s1. The zero-order valence-electron chi connectivity index (χ0n) is 10.3. The summed E-state index contributed by atoms with van der Waals surface area (Å²) in [6.07, 6.45) is 2.09. The molecule has 1 aromatic rings. The molecule has 2 heterocycles. The number of ether oxygens (including phenoxy) is 1. The Morgan fingerprint density at radius 3 is 2.89 bits per heavy atom. The first kappa shape index (κ1) is 12.4. The molecule has 1 saturated heterocycles. The van der Waals surface area contributed by atoms with Crippen molar-refractivity contribution < 1.29 is 9.53 Å². The van der Waals surface area contributed by atoms with Crippen molar-refractivity contribution >= 4 is 6.09 Å². The number of hydrogen-bond acceptors (Lipinski definition) is 4. The second-order valence-electron chi connectivity index (χ2n) is 4.26. The van der Waals surface area contributed by atoms with E-state index in [9.17, 15) is 14.4 Å². The quantitative estimate of drug-likeness (QED) is 0.775. The number of aromatic nitrogens is 2. The third-order valence-corrected chi connectivity index (χ3v) is 3.10. The van der Waals surface area contributed by atoms with E-state index in [1.807, 2.05) is 0 Å². The molecule has 1 atom stereocenters. The smallest absolute Gasteiger partial charge is 0.411 e. The van der Waals surface area contributed by atoms with Crippen LogP contribution >= 0.6 is 0 Å². The van der Waals surface area contributed by atoms with E-state index < -0.39 is 17.3 Å². The van der Waals surface area contributed by atoms with E-state index in [0.717, 1.165) is 6.42 Å². The molecule has 98 valence electrons. The SMILES string of the molecule is COC(=O)N1CCC[C@@H]1n1cc(C)c(=O)[nH]c1=O. The number of hydrogen-bond donors (Lipinski definition) is 1. The summed E-state index contributed by atoms with van der Waals surface area (Å²) in [5.74, 6) is 0. The lowest BCUT2D eigenvalue weighted by molar-refractivity contribution is 0.103. The number of carbonyl (C=O) groups is 1. The number of aromatic amines is 1. The molecule has 0 bridgehead atoms. The van der Waals surface area contributed by atoms with Gasteiger partial charge in [0.05, 0.1) is 7.11 Å².